The monoisotopic (exact) mass is 320 g/mol. The van der Waals surface area contributed by atoms with Gasteiger partial charge in [-0.3, -0.25) is 14.9 Å². The molecule has 23 heavy (non-hydrogen) atoms. The lowest BCUT2D eigenvalue weighted by atomic mass is 10.1. The molecule has 124 valence electrons. The molecule has 0 fully saturated rings. The molecule has 7 nitrogen and oxygen atoms in total. The van der Waals surface area contributed by atoms with E-state index in [0.29, 0.717) is 12.2 Å². The van der Waals surface area contributed by atoms with Gasteiger partial charge in [0, 0.05) is 11.6 Å². The number of carboxylic acid groups (broad SMARTS) is 1. The number of hydrogen-bond acceptors (Lipinski definition) is 5. The van der Waals surface area contributed by atoms with E-state index in [1.165, 1.54) is 6.92 Å². The van der Waals surface area contributed by atoms with Crippen molar-refractivity contribution in [2.75, 3.05) is 14.2 Å². The fraction of sp³-hybridized carbons (Fsp3) is 0.312. The van der Waals surface area contributed by atoms with Crippen LogP contribution in [0.15, 0.2) is 35.9 Å². The van der Waals surface area contributed by atoms with E-state index in [0.717, 1.165) is 11.6 Å². The number of amides is 2. The number of benzene rings is 1. The van der Waals surface area contributed by atoms with Crippen molar-refractivity contribution in [3.05, 3.63) is 41.5 Å². The van der Waals surface area contributed by atoms with Crippen molar-refractivity contribution in [2.24, 2.45) is 0 Å². The molecule has 2 amide bonds. The first-order valence-corrected chi connectivity index (χ1v) is 6.94. The Morgan fingerprint density at radius 3 is 2.35 bits per heavy atom. The van der Waals surface area contributed by atoms with Crippen molar-refractivity contribution < 1.29 is 24.2 Å². The minimum Gasteiger partial charge on any atom is -0.497 e. The number of hydrogen-bond donors (Lipinski definition) is 3. The molecule has 0 aliphatic heterocycles. The summed E-state index contributed by atoms with van der Waals surface area (Å²) < 4.78 is 5.06. The van der Waals surface area contributed by atoms with Crippen LogP contribution in [0.4, 0.5) is 0 Å². The molecule has 0 heterocycles. The van der Waals surface area contributed by atoms with Crippen molar-refractivity contribution >= 4 is 17.8 Å². The minimum absolute atomic E-state index is 0.147. The first kappa shape index (κ1) is 18.4. The van der Waals surface area contributed by atoms with Crippen LogP contribution in [0, 0.1) is 0 Å². The van der Waals surface area contributed by atoms with Gasteiger partial charge < -0.3 is 15.2 Å². The maximum absolute atomic E-state index is 12.1. The second-order valence-corrected chi connectivity index (χ2v) is 4.88. The summed E-state index contributed by atoms with van der Waals surface area (Å²) in [5.41, 5.74) is 0.747. The SMILES string of the molecule is CN[C@@H](Cc1ccc(OC)cc1)C(=O)NC(=O)C=C(C)C(=O)O. The van der Waals surface area contributed by atoms with E-state index in [1.54, 1.807) is 26.3 Å². The van der Waals surface area contributed by atoms with E-state index >= 15 is 0 Å². The highest BCUT2D eigenvalue weighted by Crippen LogP contribution is 2.12. The molecule has 0 unspecified atom stereocenters. The van der Waals surface area contributed by atoms with Crippen molar-refractivity contribution in [3.8, 4) is 5.75 Å². The highest BCUT2D eigenvalue weighted by Gasteiger charge is 2.19. The lowest BCUT2D eigenvalue weighted by Gasteiger charge is -2.15. The van der Waals surface area contributed by atoms with Crippen LogP contribution in [0.3, 0.4) is 0 Å². The third-order valence-corrected chi connectivity index (χ3v) is 3.20. The lowest BCUT2D eigenvalue weighted by Crippen LogP contribution is -2.45. The van der Waals surface area contributed by atoms with Gasteiger partial charge in [-0.15, -0.1) is 0 Å². The summed E-state index contributed by atoms with van der Waals surface area (Å²) in [5.74, 6) is -1.78. The second-order valence-electron chi connectivity index (χ2n) is 4.88. The van der Waals surface area contributed by atoms with Crippen LogP contribution in [0.1, 0.15) is 12.5 Å². The van der Waals surface area contributed by atoms with Gasteiger partial charge >= 0.3 is 5.97 Å². The average Bonchev–Trinajstić information content (AvgIpc) is 2.52. The standard InChI is InChI=1S/C16H20N2O5/c1-10(16(21)22)8-14(19)18-15(20)13(17-2)9-11-4-6-12(23-3)7-5-11/h4-8,13,17H,9H2,1-3H3,(H,21,22)(H,18,19,20)/t13-/m0/s1. The maximum Gasteiger partial charge on any atom is 0.331 e. The molecule has 3 N–H and O–H groups in total. The van der Waals surface area contributed by atoms with Gasteiger partial charge in [0.25, 0.3) is 5.91 Å². The molecular formula is C16H20N2O5. The fourth-order valence-corrected chi connectivity index (χ4v) is 1.83. The molecule has 1 aromatic carbocycles. The number of methoxy groups -OCH3 is 1. The smallest absolute Gasteiger partial charge is 0.331 e. The van der Waals surface area contributed by atoms with E-state index in [9.17, 15) is 14.4 Å². The number of aliphatic carboxylic acids is 1. The summed E-state index contributed by atoms with van der Waals surface area (Å²) in [6, 6.07) is 6.60. The summed E-state index contributed by atoms with van der Waals surface area (Å²) in [5, 5.41) is 13.7. The molecule has 0 aliphatic rings. The van der Waals surface area contributed by atoms with Crippen LogP contribution in [0.2, 0.25) is 0 Å². The van der Waals surface area contributed by atoms with E-state index < -0.39 is 23.8 Å². The molecule has 1 aromatic rings. The Bertz CT molecular complexity index is 607. The van der Waals surface area contributed by atoms with E-state index in [4.69, 9.17) is 9.84 Å². The highest BCUT2D eigenvalue weighted by atomic mass is 16.5. The normalized spacial score (nSPS) is 12.4. The Labute approximate surface area is 134 Å². The summed E-state index contributed by atoms with van der Waals surface area (Å²) >= 11 is 0. The van der Waals surface area contributed by atoms with Gasteiger partial charge in [-0.1, -0.05) is 12.1 Å². The second kappa shape index (κ2) is 8.70. The Morgan fingerprint density at radius 2 is 1.87 bits per heavy atom. The zero-order valence-corrected chi connectivity index (χ0v) is 13.3. The molecule has 1 atom stereocenters. The fourth-order valence-electron chi connectivity index (χ4n) is 1.83. The van der Waals surface area contributed by atoms with Crippen LogP contribution in [0.25, 0.3) is 0 Å². The number of rotatable bonds is 7. The quantitative estimate of drug-likeness (QED) is 0.632. The zero-order chi connectivity index (χ0) is 17.4. The Morgan fingerprint density at radius 1 is 1.26 bits per heavy atom. The number of carbonyl (C=O) groups excluding carboxylic acids is 2. The van der Waals surface area contributed by atoms with Gasteiger partial charge in [-0.25, -0.2) is 4.79 Å². The van der Waals surface area contributed by atoms with Gasteiger partial charge in [0.05, 0.1) is 13.2 Å². The van der Waals surface area contributed by atoms with E-state index in [1.807, 2.05) is 12.1 Å². The molecular weight excluding hydrogens is 300 g/mol. The molecule has 0 aliphatic carbocycles. The van der Waals surface area contributed by atoms with Crippen molar-refractivity contribution in [3.63, 3.8) is 0 Å². The number of ether oxygens (including phenoxy) is 1. The molecule has 1 rings (SSSR count). The summed E-state index contributed by atoms with van der Waals surface area (Å²) in [6.07, 6.45) is 1.25. The molecule has 0 saturated carbocycles. The summed E-state index contributed by atoms with van der Waals surface area (Å²) in [6.45, 7) is 1.28. The molecule has 0 saturated heterocycles. The Hall–Kier alpha value is -2.67. The molecule has 0 spiro atoms. The molecule has 0 radical (unpaired) electrons. The van der Waals surface area contributed by atoms with Crippen molar-refractivity contribution in [1.29, 1.82) is 0 Å². The number of carbonyl (C=O) groups is 3. The van der Waals surface area contributed by atoms with Crippen molar-refractivity contribution in [1.82, 2.24) is 10.6 Å². The zero-order valence-electron chi connectivity index (χ0n) is 13.3. The van der Waals surface area contributed by atoms with Gasteiger partial charge in [0.1, 0.15) is 5.75 Å². The largest absolute Gasteiger partial charge is 0.497 e. The van der Waals surface area contributed by atoms with E-state index in [-0.39, 0.29) is 5.57 Å². The van der Waals surface area contributed by atoms with Crippen LogP contribution < -0.4 is 15.4 Å². The van der Waals surface area contributed by atoms with Crippen LogP contribution in [-0.2, 0) is 20.8 Å². The third-order valence-electron chi connectivity index (χ3n) is 3.20. The average molecular weight is 320 g/mol. The summed E-state index contributed by atoms with van der Waals surface area (Å²) in [4.78, 5) is 34.3. The number of carboxylic acids is 1. The van der Waals surface area contributed by atoms with Gasteiger partial charge in [-0.05, 0) is 38.1 Å². The van der Waals surface area contributed by atoms with Crippen molar-refractivity contribution in [2.45, 2.75) is 19.4 Å². The highest BCUT2D eigenvalue weighted by molar-refractivity contribution is 6.05. The van der Waals surface area contributed by atoms with Gasteiger partial charge in [0.15, 0.2) is 0 Å². The van der Waals surface area contributed by atoms with Crippen LogP contribution >= 0.6 is 0 Å². The van der Waals surface area contributed by atoms with Crippen LogP contribution in [-0.4, -0.2) is 43.1 Å². The maximum atomic E-state index is 12.1. The number of nitrogens with one attached hydrogen (secondary N) is 2. The molecule has 0 bridgehead atoms. The Kier molecular flexibility index (Phi) is 6.95. The Balaban J connectivity index is 2.69. The van der Waals surface area contributed by atoms with Gasteiger partial charge in [0.2, 0.25) is 5.91 Å². The first-order valence-electron chi connectivity index (χ1n) is 6.94. The lowest BCUT2D eigenvalue weighted by molar-refractivity contribution is -0.133. The topological polar surface area (TPSA) is 105 Å². The number of likely N-dealkylation sites (N-methyl/N-ethyl adjacent to an activating group) is 1. The first-order chi connectivity index (χ1) is 10.9. The minimum atomic E-state index is -1.21. The third kappa shape index (κ3) is 5.91. The molecule has 0 aromatic heterocycles. The number of imide groups is 1. The molecule has 7 heteroatoms. The van der Waals surface area contributed by atoms with E-state index in [2.05, 4.69) is 10.6 Å². The predicted octanol–water partition coefficient (Wildman–Crippen LogP) is 0.499. The predicted molar refractivity (Wildman–Crippen MR) is 84.1 cm³/mol. The summed E-state index contributed by atoms with van der Waals surface area (Å²) in [7, 11) is 3.17. The van der Waals surface area contributed by atoms with Gasteiger partial charge in [-0.2, -0.15) is 0 Å². The van der Waals surface area contributed by atoms with Crippen LogP contribution in [0.5, 0.6) is 5.75 Å².